The first-order valence-corrected chi connectivity index (χ1v) is 4.40. The Labute approximate surface area is 68.5 Å². The fourth-order valence-corrected chi connectivity index (χ4v) is 2.02. The summed E-state index contributed by atoms with van der Waals surface area (Å²) in [4.78, 5) is 7.38. The van der Waals surface area contributed by atoms with Gasteiger partial charge in [0.1, 0.15) is 5.82 Å². The molecular formula is C7H12N3P. The van der Waals surface area contributed by atoms with Crippen LogP contribution >= 0.6 is 9.39 Å². The molecule has 1 aliphatic rings. The van der Waals surface area contributed by atoms with Crippen molar-refractivity contribution in [1.82, 2.24) is 14.6 Å². The summed E-state index contributed by atoms with van der Waals surface area (Å²) in [5.41, 5.74) is 0. The van der Waals surface area contributed by atoms with Gasteiger partial charge in [0, 0.05) is 18.9 Å². The Hall–Kier alpha value is -0.400. The summed E-state index contributed by atoms with van der Waals surface area (Å²) in [5.74, 6) is 1.09. The molecule has 1 saturated heterocycles. The van der Waals surface area contributed by atoms with Gasteiger partial charge in [-0.2, -0.15) is 0 Å². The van der Waals surface area contributed by atoms with Gasteiger partial charge in [-0.1, -0.05) is 9.39 Å². The van der Waals surface area contributed by atoms with Crippen molar-refractivity contribution in [2.75, 3.05) is 6.54 Å². The third-order valence-electron chi connectivity index (χ3n) is 2.13. The van der Waals surface area contributed by atoms with Crippen molar-refractivity contribution in [3.05, 3.63) is 18.2 Å². The Morgan fingerprint density at radius 2 is 2.64 bits per heavy atom. The van der Waals surface area contributed by atoms with Gasteiger partial charge in [-0.15, -0.1) is 0 Å². The molecule has 0 spiro atoms. The van der Waals surface area contributed by atoms with Gasteiger partial charge in [0.05, 0.1) is 6.04 Å². The van der Waals surface area contributed by atoms with Gasteiger partial charge in [0.15, 0.2) is 0 Å². The minimum Gasteiger partial charge on any atom is -0.347 e. The highest BCUT2D eigenvalue weighted by molar-refractivity contribution is 7.13. The first-order valence-electron chi connectivity index (χ1n) is 3.88. The van der Waals surface area contributed by atoms with Crippen LogP contribution in [-0.2, 0) is 0 Å². The predicted molar refractivity (Wildman–Crippen MR) is 47.0 cm³/mol. The second-order valence-corrected chi connectivity index (χ2v) is 3.53. The molecule has 2 rings (SSSR count). The molecule has 1 aromatic heterocycles. The van der Waals surface area contributed by atoms with E-state index < -0.39 is 0 Å². The Balaban J connectivity index is 2.16. The predicted octanol–water partition coefficient (Wildman–Crippen LogP) is 1.34. The van der Waals surface area contributed by atoms with E-state index in [9.17, 15) is 0 Å². The highest BCUT2D eigenvalue weighted by Gasteiger charge is 2.24. The smallest absolute Gasteiger partial charge is 0.123 e. The average molecular weight is 169 g/mol. The van der Waals surface area contributed by atoms with E-state index >= 15 is 0 Å². The number of aromatic amines is 1. The number of H-pyrrole nitrogens is 1. The van der Waals surface area contributed by atoms with Gasteiger partial charge in [0.25, 0.3) is 0 Å². The maximum atomic E-state index is 4.24. The highest BCUT2D eigenvalue weighted by Crippen LogP contribution is 2.31. The van der Waals surface area contributed by atoms with E-state index in [4.69, 9.17) is 0 Å². The zero-order chi connectivity index (χ0) is 7.68. The molecule has 3 nitrogen and oxygen atoms in total. The molecule has 2 atom stereocenters. The number of nitrogens with one attached hydrogen (secondary N) is 1. The summed E-state index contributed by atoms with van der Waals surface area (Å²) >= 11 is 0. The quantitative estimate of drug-likeness (QED) is 0.643. The van der Waals surface area contributed by atoms with E-state index in [0.717, 1.165) is 12.4 Å². The fraction of sp³-hybridized carbons (Fsp3) is 0.571. The van der Waals surface area contributed by atoms with Gasteiger partial charge >= 0.3 is 0 Å². The topological polar surface area (TPSA) is 31.9 Å². The molecular weight excluding hydrogens is 157 g/mol. The first-order chi connectivity index (χ1) is 5.38. The zero-order valence-corrected chi connectivity index (χ0v) is 7.48. The third kappa shape index (κ3) is 1.31. The lowest BCUT2D eigenvalue weighted by atomic mass is 10.2. The molecule has 4 heteroatoms. The molecule has 0 aromatic carbocycles. The Kier molecular flexibility index (Phi) is 1.93. The van der Waals surface area contributed by atoms with E-state index in [1.165, 1.54) is 12.8 Å². The Morgan fingerprint density at radius 3 is 3.18 bits per heavy atom. The second kappa shape index (κ2) is 2.92. The molecule has 0 radical (unpaired) electrons. The van der Waals surface area contributed by atoms with Gasteiger partial charge in [-0.25, -0.2) is 4.98 Å². The summed E-state index contributed by atoms with van der Waals surface area (Å²) in [6.07, 6.45) is 6.18. The van der Waals surface area contributed by atoms with E-state index in [-0.39, 0.29) is 0 Å². The van der Waals surface area contributed by atoms with Crippen LogP contribution in [0.3, 0.4) is 0 Å². The maximum absolute atomic E-state index is 4.24. The van der Waals surface area contributed by atoms with E-state index in [0.29, 0.717) is 6.04 Å². The molecule has 0 amide bonds. The van der Waals surface area contributed by atoms with Crippen molar-refractivity contribution in [1.29, 1.82) is 0 Å². The van der Waals surface area contributed by atoms with Gasteiger partial charge in [0.2, 0.25) is 0 Å². The number of nitrogens with zero attached hydrogens (tertiary/aromatic N) is 2. The van der Waals surface area contributed by atoms with Gasteiger partial charge in [-0.3, -0.25) is 4.67 Å². The number of hydrogen-bond donors (Lipinski definition) is 1. The summed E-state index contributed by atoms with van der Waals surface area (Å²) in [6, 6.07) is 0.495. The van der Waals surface area contributed by atoms with Crippen LogP contribution in [0.4, 0.5) is 0 Å². The molecule has 0 aliphatic carbocycles. The van der Waals surface area contributed by atoms with Crippen molar-refractivity contribution in [3.8, 4) is 0 Å². The summed E-state index contributed by atoms with van der Waals surface area (Å²) in [7, 11) is 2.75. The average Bonchev–Trinajstić information content (AvgIpc) is 2.55. The third-order valence-corrected chi connectivity index (χ3v) is 2.75. The van der Waals surface area contributed by atoms with Gasteiger partial charge < -0.3 is 4.98 Å². The van der Waals surface area contributed by atoms with E-state index in [1.807, 2.05) is 12.4 Å². The molecule has 60 valence electrons. The molecule has 1 N–H and O–H groups in total. The molecule has 1 fully saturated rings. The minimum atomic E-state index is 0.495. The van der Waals surface area contributed by atoms with Crippen LogP contribution in [0.25, 0.3) is 0 Å². The van der Waals surface area contributed by atoms with Crippen LogP contribution in [0.2, 0.25) is 0 Å². The maximum Gasteiger partial charge on any atom is 0.123 e. The van der Waals surface area contributed by atoms with Crippen molar-refractivity contribution in [2.45, 2.75) is 18.9 Å². The van der Waals surface area contributed by atoms with Crippen LogP contribution in [0.5, 0.6) is 0 Å². The number of aromatic nitrogens is 2. The zero-order valence-electron chi connectivity index (χ0n) is 6.33. The normalized spacial score (nSPS) is 26.1. The van der Waals surface area contributed by atoms with Crippen LogP contribution in [0.1, 0.15) is 24.7 Å². The van der Waals surface area contributed by atoms with Crippen LogP contribution in [0, 0.1) is 0 Å². The van der Waals surface area contributed by atoms with Crippen molar-refractivity contribution in [3.63, 3.8) is 0 Å². The van der Waals surface area contributed by atoms with Crippen LogP contribution < -0.4 is 0 Å². The monoisotopic (exact) mass is 169 g/mol. The number of hydrogen-bond acceptors (Lipinski definition) is 2. The van der Waals surface area contributed by atoms with E-state index in [1.54, 1.807) is 0 Å². The number of rotatable bonds is 1. The van der Waals surface area contributed by atoms with Crippen molar-refractivity contribution >= 4 is 9.39 Å². The molecule has 1 aromatic rings. The van der Waals surface area contributed by atoms with Crippen molar-refractivity contribution < 1.29 is 0 Å². The molecule has 1 unspecified atom stereocenters. The van der Waals surface area contributed by atoms with Crippen molar-refractivity contribution in [2.24, 2.45) is 0 Å². The molecule has 0 bridgehead atoms. The second-order valence-electron chi connectivity index (χ2n) is 2.87. The molecule has 2 heterocycles. The molecule has 1 aliphatic heterocycles. The Morgan fingerprint density at radius 1 is 1.73 bits per heavy atom. The first kappa shape index (κ1) is 7.26. The SMILES string of the molecule is PN1CCC[C@H]1c1ncc[nH]1. The molecule has 0 saturated carbocycles. The lowest BCUT2D eigenvalue weighted by Gasteiger charge is -2.15. The van der Waals surface area contributed by atoms with Crippen LogP contribution in [0.15, 0.2) is 12.4 Å². The number of imidazole rings is 1. The lowest BCUT2D eigenvalue weighted by molar-refractivity contribution is 0.434. The van der Waals surface area contributed by atoms with Crippen LogP contribution in [-0.4, -0.2) is 21.2 Å². The minimum absolute atomic E-state index is 0.495. The summed E-state index contributed by atoms with van der Waals surface area (Å²) in [6.45, 7) is 1.16. The summed E-state index contributed by atoms with van der Waals surface area (Å²) < 4.78 is 2.26. The van der Waals surface area contributed by atoms with E-state index in [2.05, 4.69) is 24.0 Å². The summed E-state index contributed by atoms with van der Waals surface area (Å²) in [5, 5.41) is 0. The largest absolute Gasteiger partial charge is 0.347 e. The fourth-order valence-electron chi connectivity index (χ4n) is 1.54. The standard InChI is InChI=1S/C7H12N3P/c11-10-5-1-2-6(10)7-8-3-4-9-7/h3-4,6H,1-2,5,11H2,(H,8,9)/t6-/m0/s1. The molecule has 11 heavy (non-hydrogen) atoms. The van der Waals surface area contributed by atoms with Gasteiger partial charge in [-0.05, 0) is 12.8 Å². The Bertz CT molecular complexity index is 222. The lowest BCUT2D eigenvalue weighted by Crippen LogP contribution is -2.11. The highest BCUT2D eigenvalue weighted by atomic mass is 31.0.